The molecule has 1 amide bonds. The molecule has 1 aliphatic rings. The van der Waals surface area contributed by atoms with E-state index in [4.69, 9.17) is 4.74 Å². The predicted octanol–water partition coefficient (Wildman–Crippen LogP) is 2.80. The molecule has 8 heteroatoms. The predicted molar refractivity (Wildman–Crippen MR) is 111 cm³/mol. The second-order valence-corrected chi connectivity index (χ2v) is 9.61. The molecule has 29 heavy (non-hydrogen) atoms. The van der Waals surface area contributed by atoms with E-state index in [1.165, 1.54) is 51.6 Å². The summed E-state index contributed by atoms with van der Waals surface area (Å²) in [7, 11) is -0.837. The van der Waals surface area contributed by atoms with Crippen LogP contribution in [0.25, 0.3) is 0 Å². The quantitative estimate of drug-likeness (QED) is 0.514. The molecule has 1 aromatic carbocycles. The zero-order valence-corrected chi connectivity index (χ0v) is 18.3. The highest BCUT2D eigenvalue weighted by atomic mass is 32.2. The van der Waals surface area contributed by atoms with Gasteiger partial charge in [-0.2, -0.15) is 0 Å². The van der Waals surface area contributed by atoms with Crippen LogP contribution in [0.4, 0.5) is 0 Å². The lowest BCUT2D eigenvalue weighted by molar-refractivity contribution is -0.129. The third-order valence-electron chi connectivity index (χ3n) is 4.99. The Morgan fingerprint density at radius 2 is 1.97 bits per heavy atom. The van der Waals surface area contributed by atoms with E-state index in [2.05, 4.69) is 11.4 Å². The molecular formula is C21H30N2O5S. The van der Waals surface area contributed by atoms with E-state index >= 15 is 0 Å². The first-order valence-corrected chi connectivity index (χ1v) is 11.3. The first kappa shape index (κ1) is 23.1. The lowest BCUT2D eigenvalue weighted by atomic mass is 9.97. The SMILES string of the molecule is Cc1ccc(S(=O)(=O)N(C)C)cc1C(=O)O[C@@H](C)C(=O)NCCC1=CCCCC1. The van der Waals surface area contributed by atoms with Crippen molar-refractivity contribution < 1.29 is 22.7 Å². The molecule has 1 aromatic rings. The molecule has 0 spiro atoms. The van der Waals surface area contributed by atoms with Crippen LogP contribution in [-0.2, 0) is 19.6 Å². The van der Waals surface area contributed by atoms with Crippen LogP contribution < -0.4 is 5.32 Å². The summed E-state index contributed by atoms with van der Waals surface area (Å²) in [6.07, 6.45) is 6.64. The zero-order chi connectivity index (χ0) is 21.6. The fraction of sp³-hybridized carbons (Fsp3) is 0.524. The van der Waals surface area contributed by atoms with Gasteiger partial charge in [0.25, 0.3) is 5.91 Å². The molecule has 0 aliphatic heterocycles. The van der Waals surface area contributed by atoms with Gasteiger partial charge in [0.2, 0.25) is 10.0 Å². The average Bonchev–Trinajstić information content (AvgIpc) is 2.68. The van der Waals surface area contributed by atoms with Crippen LogP contribution >= 0.6 is 0 Å². The number of nitrogens with zero attached hydrogens (tertiary/aromatic N) is 1. The molecule has 0 aromatic heterocycles. The van der Waals surface area contributed by atoms with Crippen molar-refractivity contribution in [2.75, 3.05) is 20.6 Å². The Morgan fingerprint density at radius 1 is 1.24 bits per heavy atom. The van der Waals surface area contributed by atoms with Crippen LogP contribution in [0, 0.1) is 6.92 Å². The second-order valence-electron chi connectivity index (χ2n) is 7.46. The Labute approximate surface area is 173 Å². The second kappa shape index (κ2) is 10.0. The van der Waals surface area contributed by atoms with Crippen molar-refractivity contribution in [2.45, 2.75) is 57.0 Å². The molecule has 0 unspecified atom stereocenters. The van der Waals surface area contributed by atoms with Gasteiger partial charge >= 0.3 is 5.97 Å². The number of allylic oxidation sites excluding steroid dienone is 1. The molecule has 1 aliphatic carbocycles. The Bertz CT molecular complexity index is 890. The first-order chi connectivity index (χ1) is 13.6. The molecule has 7 nitrogen and oxygen atoms in total. The number of hydrogen-bond donors (Lipinski definition) is 1. The van der Waals surface area contributed by atoms with Gasteiger partial charge in [-0.25, -0.2) is 17.5 Å². The van der Waals surface area contributed by atoms with Crippen LogP contribution in [0.5, 0.6) is 0 Å². The van der Waals surface area contributed by atoms with Crippen molar-refractivity contribution in [3.63, 3.8) is 0 Å². The summed E-state index contributed by atoms with van der Waals surface area (Å²) >= 11 is 0. The minimum absolute atomic E-state index is 0.00193. The summed E-state index contributed by atoms with van der Waals surface area (Å²) in [5, 5.41) is 2.79. The normalized spacial score (nSPS) is 15.6. The van der Waals surface area contributed by atoms with E-state index in [1.54, 1.807) is 13.0 Å². The number of nitrogens with one attached hydrogen (secondary N) is 1. The minimum Gasteiger partial charge on any atom is -0.449 e. The maximum atomic E-state index is 12.5. The van der Waals surface area contributed by atoms with E-state index < -0.39 is 22.1 Å². The van der Waals surface area contributed by atoms with E-state index in [0.717, 1.165) is 23.6 Å². The largest absolute Gasteiger partial charge is 0.449 e. The molecule has 0 fully saturated rings. The Kier molecular flexibility index (Phi) is 7.98. The minimum atomic E-state index is -3.68. The van der Waals surface area contributed by atoms with Gasteiger partial charge in [-0.05, 0) is 63.6 Å². The topological polar surface area (TPSA) is 92.8 Å². The lowest BCUT2D eigenvalue weighted by Gasteiger charge is -2.17. The zero-order valence-electron chi connectivity index (χ0n) is 17.5. The molecule has 1 atom stereocenters. The van der Waals surface area contributed by atoms with Gasteiger partial charge in [0.05, 0.1) is 10.5 Å². The van der Waals surface area contributed by atoms with E-state index in [1.807, 2.05) is 0 Å². The standard InChI is InChI=1S/C21H30N2O5S/c1-15-10-11-18(29(26,27)23(3)4)14-19(15)21(25)28-16(2)20(24)22-13-12-17-8-6-5-7-9-17/h8,10-11,14,16H,5-7,9,12-13H2,1-4H3,(H,22,24)/t16-/m0/s1. The number of hydrogen-bond acceptors (Lipinski definition) is 5. The number of carbonyl (C=O) groups is 2. The lowest BCUT2D eigenvalue weighted by Crippen LogP contribution is -2.36. The number of carbonyl (C=O) groups excluding carboxylic acids is 2. The molecule has 0 radical (unpaired) electrons. The molecular weight excluding hydrogens is 392 g/mol. The van der Waals surface area contributed by atoms with Crippen LogP contribution in [0.1, 0.15) is 54.9 Å². The van der Waals surface area contributed by atoms with Crippen molar-refractivity contribution in [2.24, 2.45) is 0 Å². The van der Waals surface area contributed by atoms with Crippen molar-refractivity contribution in [3.05, 3.63) is 41.0 Å². The highest BCUT2D eigenvalue weighted by molar-refractivity contribution is 7.89. The third kappa shape index (κ3) is 6.14. The van der Waals surface area contributed by atoms with Crippen molar-refractivity contribution >= 4 is 21.9 Å². The van der Waals surface area contributed by atoms with E-state index in [0.29, 0.717) is 12.1 Å². The smallest absolute Gasteiger partial charge is 0.339 e. The molecule has 0 saturated carbocycles. The van der Waals surface area contributed by atoms with Gasteiger partial charge in [-0.3, -0.25) is 4.79 Å². The number of sulfonamides is 1. The van der Waals surface area contributed by atoms with Crippen LogP contribution in [0.2, 0.25) is 0 Å². The van der Waals surface area contributed by atoms with Gasteiger partial charge in [0, 0.05) is 20.6 Å². The Hall–Kier alpha value is -2.19. The summed E-state index contributed by atoms with van der Waals surface area (Å²) in [6.45, 7) is 3.69. The third-order valence-corrected chi connectivity index (χ3v) is 6.80. The van der Waals surface area contributed by atoms with Crippen molar-refractivity contribution in [1.29, 1.82) is 0 Å². The number of amides is 1. The van der Waals surface area contributed by atoms with Crippen LogP contribution in [0.15, 0.2) is 34.7 Å². The van der Waals surface area contributed by atoms with E-state index in [9.17, 15) is 18.0 Å². The molecule has 0 heterocycles. The number of benzene rings is 1. The Balaban J connectivity index is 1.98. The highest BCUT2D eigenvalue weighted by Crippen LogP contribution is 2.20. The molecule has 160 valence electrons. The fourth-order valence-electron chi connectivity index (χ4n) is 3.09. The fourth-order valence-corrected chi connectivity index (χ4v) is 4.02. The van der Waals surface area contributed by atoms with Crippen LogP contribution in [-0.4, -0.2) is 51.3 Å². The molecule has 1 N–H and O–H groups in total. The van der Waals surface area contributed by atoms with Gasteiger partial charge in [0.1, 0.15) is 0 Å². The number of esters is 1. The summed E-state index contributed by atoms with van der Waals surface area (Å²) in [5.41, 5.74) is 2.06. The summed E-state index contributed by atoms with van der Waals surface area (Å²) in [5.74, 6) is -1.10. The molecule has 0 bridgehead atoms. The van der Waals surface area contributed by atoms with Crippen LogP contribution in [0.3, 0.4) is 0 Å². The highest BCUT2D eigenvalue weighted by Gasteiger charge is 2.23. The summed E-state index contributed by atoms with van der Waals surface area (Å²) in [4.78, 5) is 24.8. The maximum absolute atomic E-state index is 12.5. The average molecular weight is 423 g/mol. The molecule has 2 rings (SSSR count). The number of ether oxygens (including phenoxy) is 1. The van der Waals surface area contributed by atoms with Gasteiger partial charge in [-0.1, -0.05) is 17.7 Å². The monoisotopic (exact) mass is 422 g/mol. The van der Waals surface area contributed by atoms with Crippen molar-refractivity contribution in [3.8, 4) is 0 Å². The number of aryl methyl sites for hydroxylation is 1. The van der Waals surface area contributed by atoms with E-state index in [-0.39, 0.29) is 16.4 Å². The molecule has 0 saturated heterocycles. The number of rotatable bonds is 8. The van der Waals surface area contributed by atoms with Crippen molar-refractivity contribution in [1.82, 2.24) is 9.62 Å². The van der Waals surface area contributed by atoms with Gasteiger partial charge in [-0.15, -0.1) is 0 Å². The maximum Gasteiger partial charge on any atom is 0.339 e. The van der Waals surface area contributed by atoms with Gasteiger partial charge < -0.3 is 10.1 Å². The summed E-state index contributed by atoms with van der Waals surface area (Å²) < 4.78 is 31.0. The van der Waals surface area contributed by atoms with Gasteiger partial charge in [0.15, 0.2) is 6.10 Å². The summed E-state index contributed by atoms with van der Waals surface area (Å²) in [6, 6.07) is 4.28. The first-order valence-electron chi connectivity index (χ1n) is 9.82. The Morgan fingerprint density at radius 3 is 2.59 bits per heavy atom.